The van der Waals surface area contributed by atoms with Crippen LogP contribution in [0, 0.1) is 11.8 Å². The number of hydrogen-bond acceptors (Lipinski definition) is 9. The first-order valence-electron chi connectivity index (χ1n) is 17.0. The minimum Gasteiger partial charge on any atom is -0.506 e. The van der Waals surface area contributed by atoms with Crippen molar-refractivity contribution in [3.63, 3.8) is 0 Å². The summed E-state index contributed by atoms with van der Waals surface area (Å²) >= 11 is 1.47. The van der Waals surface area contributed by atoms with Gasteiger partial charge in [0, 0.05) is 84.2 Å². The lowest BCUT2D eigenvalue weighted by atomic mass is 10.1. The van der Waals surface area contributed by atoms with E-state index in [4.69, 9.17) is 0 Å². The Labute approximate surface area is 316 Å². The van der Waals surface area contributed by atoms with E-state index in [0.717, 1.165) is 46.9 Å². The molecule has 2 heterocycles. The number of nitrogens with zero attached hydrogens (tertiary/aromatic N) is 3. The van der Waals surface area contributed by atoms with E-state index in [9.17, 15) is 31.5 Å². The zero-order chi connectivity index (χ0) is 38.1. The summed E-state index contributed by atoms with van der Waals surface area (Å²) in [6, 6.07) is 27.9. The number of carbonyl (C=O) groups excluding carboxylic acids is 1. The Hall–Kier alpha value is -5.49. The standard InChI is InChI=1S/C40H36F3N5O4S2/c41-40(42,43)37-25-36(16-17-38(37)45-18-23-53-35-8-2-1-3-9-35)54(51,52)46-39(50)31-12-14-33(15-13-31)48-21-19-47(20-22-48)28-32-7-5-4-6-30(32)11-10-29-24-34(49)27-44-26-29/h1-9,12-17,24-27,45,49H,18-23,28H2,(H,46,50). The number of thioether (sulfide) groups is 1. The minimum atomic E-state index is -4.84. The fraction of sp³-hybridized carbons (Fsp3) is 0.200. The molecule has 14 heteroatoms. The van der Waals surface area contributed by atoms with Crippen LogP contribution in [0.2, 0.25) is 0 Å². The topological polar surface area (TPSA) is 115 Å². The molecule has 0 radical (unpaired) electrons. The van der Waals surface area contributed by atoms with Crippen LogP contribution in [-0.2, 0) is 22.7 Å². The lowest BCUT2D eigenvalue weighted by Crippen LogP contribution is -2.46. The molecule has 1 aliphatic heterocycles. The number of hydrogen-bond donors (Lipinski definition) is 3. The highest BCUT2D eigenvalue weighted by Gasteiger charge is 2.35. The summed E-state index contributed by atoms with van der Waals surface area (Å²) in [5, 5.41) is 12.4. The van der Waals surface area contributed by atoms with Gasteiger partial charge in [-0.2, -0.15) is 13.2 Å². The Morgan fingerprint density at radius 1 is 0.870 bits per heavy atom. The molecule has 0 saturated carbocycles. The molecule has 0 atom stereocenters. The van der Waals surface area contributed by atoms with E-state index < -0.39 is 32.6 Å². The van der Waals surface area contributed by atoms with Crippen LogP contribution in [0.4, 0.5) is 24.5 Å². The summed E-state index contributed by atoms with van der Waals surface area (Å²) in [4.78, 5) is 21.7. The predicted molar refractivity (Wildman–Crippen MR) is 204 cm³/mol. The zero-order valence-electron chi connectivity index (χ0n) is 28.9. The van der Waals surface area contributed by atoms with E-state index in [2.05, 4.69) is 31.9 Å². The molecule has 278 valence electrons. The molecule has 4 aromatic carbocycles. The monoisotopic (exact) mass is 771 g/mol. The van der Waals surface area contributed by atoms with Gasteiger partial charge >= 0.3 is 6.18 Å². The Balaban J connectivity index is 1.03. The van der Waals surface area contributed by atoms with Crippen molar-refractivity contribution in [3.05, 3.63) is 143 Å². The lowest BCUT2D eigenvalue weighted by molar-refractivity contribution is -0.137. The van der Waals surface area contributed by atoms with Crippen LogP contribution in [0.25, 0.3) is 0 Å². The van der Waals surface area contributed by atoms with E-state index in [1.807, 2.05) is 59.3 Å². The number of halogens is 3. The second-order valence-electron chi connectivity index (χ2n) is 12.4. The first-order chi connectivity index (χ1) is 25.9. The highest BCUT2D eigenvalue weighted by molar-refractivity contribution is 7.99. The van der Waals surface area contributed by atoms with Gasteiger partial charge in [-0.1, -0.05) is 48.2 Å². The Bertz CT molecular complexity index is 2250. The first-order valence-corrected chi connectivity index (χ1v) is 19.4. The summed E-state index contributed by atoms with van der Waals surface area (Å²) < 4.78 is 70.0. The molecule has 0 unspecified atom stereocenters. The second kappa shape index (κ2) is 17.1. The molecule has 54 heavy (non-hydrogen) atoms. The van der Waals surface area contributed by atoms with E-state index in [1.165, 1.54) is 30.1 Å². The molecule has 0 spiro atoms. The first kappa shape index (κ1) is 38.2. The third-order valence-corrected chi connectivity index (χ3v) is 10.9. The molecule has 6 rings (SSSR count). The summed E-state index contributed by atoms with van der Waals surface area (Å²) in [7, 11) is -4.62. The molecule has 1 aromatic heterocycles. The average molecular weight is 772 g/mol. The number of pyridine rings is 1. The third-order valence-electron chi connectivity index (χ3n) is 8.61. The quantitative estimate of drug-likeness (QED) is 0.0754. The fourth-order valence-electron chi connectivity index (χ4n) is 5.83. The van der Waals surface area contributed by atoms with Gasteiger partial charge in [0.25, 0.3) is 15.9 Å². The summed E-state index contributed by atoms with van der Waals surface area (Å²) in [6.45, 7) is 3.85. The summed E-state index contributed by atoms with van der Waals surface area (Å²) in [5.74, 6) is 5.83. The van der Waals surface area contributed by atoms with Gasteiger partial charge in [-0.25, -0.2) is 13.1 Å². The van der Waals surface area contributed by atoms with Crippen LogP contribution in [0.3, 0.4) is 0 Å². The van der Waals surface area contributed by atoms with E-state index in [1.54, 1.807) is 24.4 Å². The zero-order valence-corrected chi connectivity index (χ0v) is 30.5. The minimum absolute atomic E-state index is 0.0467. The smallest absolute Gasteiger partial charge is 0.418 e. The van der Waals surface area contributed by atoms with Gasteiger partial charge in [-0.05, 0) is 72.3 Å². The normalized spacial score (nSPS) is 13.5. The molecule has 9 nitrogen and oxygen atoms in total. The van der Waals surface area contributed by atoms with Crippen molar-refractivity contribution in [2.75, 3.05) is 48.7 Å². The van der Waals surface area contributed by atoms with Crippen LogP contribution in [0.15, 0.2) is 125 Å². The van der Waals surface area contributed by atoms with E-state index in [0.29, 0.717) is 37.0 Å². The summed E-state index contributed by atoms with van der Waals surface area (Å²) in [6.07, 6.45) is -1.89. The molecule has 1 aliphatic rings. The van der Waals surface area contributed by atoms with Gasteiger partial charge < -0.3 is 15.3 Å². The number of alkyl halides is 3. The number of nitrogens with one attached hydrogen (secondary N) is 2. The van der Waals surface area contributed by atoms with E-state index >= 15 is 0 Å². The Morgan fingerprint density at radius 3 is 2.31 bits per heavy atom. The maximum atomic E-state index is 14.0. The predicted octanol–water partition coefficient (Wildman–Crippen LogP) is 6.85. The maximum absolute atomic E-state index is 14.0. The molecule has 0 bridgehead atoms. The molecule has 1 saturated heterocycles. The van der Waals surface area contributed by atoms with Crippen LogP contribution in [0.1, 0.15) is 32.6 Å². The number of amides is 1. The lowest BCUT2D eigenvalue weighted by Gasteiger charge is -2.36. The number of piperazine rings is 1. The molecular formula is C40H36F3N5O4S2. The summed E-state index contributed by atoms with van der Waals surface area (Å²) in [5.41, 5.74) is 2.08. The number of aromatic hydroxyl groups is 1. The third kappa shape index (κ3) is 10.1. The number of aromatic nitrogens is 1. The SMILES string of the molecule is O=C(NS(=O)(=O)c1ccc(NCCSc2ccccc2)c(C(F)(F)F)c1)c1ccc(N2CCN(Cc3ccccc3C#Cc3cncc(O)c3)CC2)cc1. The van der Waals surface area contributed by atoms with Crippen molar-refractivity contribution in [2.45, 2.75) is 22.5 Å². The average Bonchev–Trinajstić information content (AvgIpc) is 3.16. The van der Waals surface area contributed by atoms with Crippen molar-refractivity contribution in [1.29, 1.82) is 0 Å². The Kier molecular flexibility index (Phi) is 12.1. The number of carbonyl (C=O) groups is 1. The molecule has 5 aromatic rings. The van der Waals surface area contributed by atoms with Gasteiger partial charge in [0.2, 0.25) is 0 Å². The highest BCUT2D eigenvalue weighted by Crippen LogP contribution is 2.36. The van der Waals surface area contributed by atoms with Crippen LogP contribution >= 0.6 is 11.8 Å². The van der Waals surface area contributed by atoms with Gasteiger partial charge in [0.05, 0.1) is 16.7 Å². The highest BCUT2D eigenvalue weighted by atomic mass is 32.2. The van der Waals surface area contributed by atoms with Gasteiger partial charge in [-0.15, -0.1) is 11.8 Å². The molecular weight excluding hydrogens is 736 g/mol. The second-order valence-corrected chi connectivity index (χ2v) is 15.2. The maximum Gasteiger partial charge on any atom is 0.418 e. The molecule has 1 amide bonds. The number of rotatable bonds is 11. The van der Waals surface area contributed by atoms with Crippen LogP contribution < -0.4 is 14.9 Å². The number of benzene rings is 4. The van der Waals surface area contributed by atoms with Gasteiger partial charge in [0.1, 0.15) is 5.75 Å². The fourth-order valence-corrected chi connectivity index (χ4v) is 7.62. The largest absolute Gasteiger partial charge is 0.506 e. The van der Waals surface area contributed by atoms with Crippen LogP contribution in [-0.4, -0.2) is 67.8 Å². The molecule has 3 N–H and O–H groups in total. The molecule has 1 fully saturated rings. The van der Waals surface area contributed by atoms with Crippen molar-refractivity contribution in [1.82, 2.24) is 14.6 Å². The number of sulfonamides is 1. The Morgan fingerprint density at radius 2 is 1.59 bits per heavy atom. The molecule has 0 aliphatic carbocycles. The number of anilines is 2. The van der Waals surface area contributed by atoms with E-state index in [-0.39, 0.29) is 23.5 Å². The van der Waals surface area contributed by atoms with Crippen molar-refractivity contribution in [2.24, 2.45) is 0 Å². The van der Waals surface area contributed by atoms with Gasteiger partial charge in [-0.3, -0.25) is 14.7 Å². The van der Waals surface area contributed by atoms with Crippen molar-refractivity contribution < 1.29 is 31.5 Å². The van der Waals surface area contributed by atoms with Crippen molar-refractivity contribution >= 4 is 39.1 Å². The van der Waals surface area contributed by atoms with Crippen LogP contribution in [0.5, 0.6) is 5.75 Å². The van der Waals surface area contributed by atoms with Crippen molar-refractivity contribution in [3.8, 4) is 17.6 Å². The van der Waals surface area contributed by atoms with Gasteiger partial charge in [0.15, 0.2) is 0 Å².